The van der Waals surface area contributed by atoms with Gasteiger partial charge >= 0.3 is 0 Å². The summed E-state index contributed by atoms with van der Waals surface area (Å²) < 4.78 is 18.7. The molecule has 1 aromatic heterocycles. The summed E-state index contributed by atoms with van der Waals surface area (Å²) in [6.07, 6.45) is -2.22. The van der Waals surface area contributed by atoms with Gasteiger partial charge in [-0.2, -0.15) is 0 Å². The molecular weight excluding hydrogens is 480 g/mol. The number of hydrogen-bond acceptors (Lipinski definition) is 10. The molecule has 35 heavy (non-hydrogen) atoms. The van der Waals surface area contributed by atoms with Gasteiger partial charge in [0, 0.05) is 49.7 Å². The fraction of sp³-hybridized carbons (Fsp3) is 0.409. The number of rotatable bonds is 8. The second-order valence-electron chi connectivity index (χ2n) is 8.28. The van der Waals surface area contributed by atoms with Crippen LogP contribution in [0.15, 0.2) is 42.5 Å². The minimum Gasteiger partial charge on any atom is -0.479 e. The number of methoxy groups -OCH3 is 2. The summed E-state index contributed by atoms with van der Waals surface area (Å²) in [4.78, 5) is 12.9. The molecule has 1 N–H and O–H groups in total. The Morgan fingerprint density at radius 1 is 1.29 bits per heavy atom. The standard InChI is InChI=1S/C22H25ClN6O6/c1-22(21(33-3)34-4)20(30)19(16-11-15(29(31)32)9-10-17(16)35-22)28(12-18-24-25-26-27(18)2)14-7-5-13(23)6-8-14/h5-11,19-21,30H,12H2,1-4H3/t19-,20+,22+/m1/s1. The number of non-ortho nitro benzene ring substituents is 1. The van der Waals surface area contributed by atoms with Gasteiger partial charge in [-0.3, -0.25) is 10.1 Å². The van der Waals surface area contributed by atoms with Crippen LogP contribution in [0.4, 0.5) is 11.4 Å². The molecule has 0 saturated heterocycles. The van der Waals surface area contributed by atoms with E-state index in [-0.39, 0.29) is 12.2 Å². The van der Waals surface area contributed by atoms with Crippen LogP contribution in [0.25, 0.3) is 0 Å². The fourth-order valence-electron chi connectivity index (χ4n) is 4.36. The topological polar surface area (TPSA) is 138 Å². The minimum absolute atomic E-state index is 0.139. The molecular formula is C22H25ClN6O6. The van der Waals surface area contributed by atoms with Gasteiger partial charge in [-0.25, -0.2) is 4.68 Å². The number of fused-ring (bicyclic) bond motifs is 1. The van der Waals surface area contributed by atoms with Gasteiger partial charge in [0.25, 0.3) is 5.69 Å². The van der Waals surface area contributed by atoms with Crippen molar-refractivity contribution in [3.8, 4) is 5.75 Å². The Bertz CT molecular complexity index is 1200. The molecule has 12 nitrogen and oxygen atoms in total. The number of aliphatic hydroxyl groups excluding tert-OH is 1. The van der Waals surface area contributed by atoms with Crippen LogP contribution in [-0.4, -0.2) is 62.5 Å². The number of aliphatic hydroxyl groups is 1. The molecule has 0 amide bonds. The molecule has 186 valence electrons. The zero-order valence-electron chi connectivity index (χ0n) is 19.5. The first-order chi connectivity index (χ1) is 16.7. The van der Waals surface area contributed by atoms with Crippen LogP contribution in [0, 0.1) is 10.1 Å². The molecule has 0 fully saturated rings. The molecule has 2 aromatic carbocycles. The molecule has 0 spiro atoms. The van der Waals surface area contributed by atoms with Crippen LogP contribution in [0.5, 0.6) is 5.75 Å². The monoisotopic (exact) mass is 504 g/mol. The number of hydrogen-bond donors (Lipinski definition) is 1. The van der Waals surface area contributed by atoms with Crippen molar-refractivity contribution in [3.63, 3.8) is 0 Å². The van der Waals surface area contributed by atoms with Gasteiger partial charge < -0.3 is 24.2 Å². The Hall–Kier alpha value is -3.32. The van der Waals surface area contributed by atoms with E-state index in [1.807, 2.05) is 4.90 Å². The molecule has 3 aromatic rings. The smallest absolute Gasteiger partial charge is 0.270 e. The molecule has 3 atom stereocenters. The first kappa shape index (κ1) is 24.8. The van der Waals surface area contributed by atoms with Gasteiger partial charge in [-0.1, -0.05) is 11.6 Å². The van der Waals surface area contributed by atoms with E-state index in [1.54, 1.807) is 38.2 Å². The lowest BCUT2D eigenvalue weighted by molar-refractivity contribution is -0.385. The SMILES string of the molecule is COC(OC)[C@@]1(C)Oc2ccc([N+](=O)[O-])cc2[C@@H](N(Cc2nnnn2C)c2ccc(Cl)cc2)[C@@H]1O. The normalized spacial score (nSPS) is 21.5. The Labute approximate surface area is 206 Å². The number of benzene rings is 2. The van der Waals surface area contributed by atoms with E-state index in [2.05, 4.69) is 15.5 Å². The zero-order chi connectivity index (χ0) is 25.3. The average molecular weight is 505 g/mol. The second-order valence-corrected chi connectivity index (χ2v) is 8.72. The number of aromatic nitrogens is 4. The third kappa shape index (κ3) is 4.52. The van der Waals surface area contributed by atoms with E-state index >= 15 is 0 Å². The predicted molar refractivity (Wildman–Crippen MR) is 125 cm³/mol. The van der Waals surface area contributed by atoms with Crippen LogP contribution in [0.3, 0.4) is 0 Å². The maximum absolute atomic E-state index is 11.8. The van der Waals surface area contributed by atoms with Crippen LogP contribution in [0.1, 0.15) is 24.4 Å². The van der Waals surface area contributed by atoms with Crippen LogP contribution < -0.4 is 9.64 Å². The quantitative estimate of drug-likeness (QED) is 0.276. The Balaban J connectivity index is 1.93. The molecule has 0 unspecified atom stereocenters. The Kier molecular flexibility index (Phi) is 6.90. The van der Waals surface area contributed by atoms with Crippen LogP contribution in [-0.2, 0) is 23.1 Å². The number of nitro groups is 1. The van der Waals surface area contributed by atoms with E-state index in [1.165, 1.54) is 37.1 Å². The molecule has 4 rings (SSSR count). The van der Waals surface area contributed by atoms with Crippen molar-refractivity contribution in [3.05, 3.63) is 69.0 Å². The van der Waals surface area contributed by atoms with Gasteiger partial charge in [0.1, 0.15) is 11.9 Å². The summed E-state index contributed by atoms with van der Waals surface area (Å²) in [5.41, 5.74) is -0.422. The van der Waals surface area contributed by atoms with E-state index < -0.39 is 29.0 Å². The number of nitrogens with zero attached hydrogens (tertiary/aromatic N) is 6. The number of aryl methyl sites for hydroxylation is 1. The van der Waals surface area contributed by atoms with Crippen molar-refractivity contribution in [2.24, 2.45) is 7.05 Å². The van der Waals surface area contributed by atoms with E-state index in [0.717, 1.165) is 0 Å². The molecule has 0 bridgehead atoms. The Morgan fingerprint density at radius 2 is 1.97 bits per heavy atom. The molecule has 1 aliphatic heterocycles. The van der Waals surface area contributed by atoms with Crippen molar-refractivity contribution < 1.29 is 24.2 Å². The van der Waals surface area contributed by atoms with Crippen molar-refractivity contribution in [2.75, 3.05) is 19.1 Å². The zero-order valence-corrected chi connectivity index (χ0v) is 20.3. The lowest BCUT2D eigenvalue weighted by Crippen LogP contribution is -2.62. The summed E-state index contributed by atoms with van der Waals surface area (Å²) in [7, 11) is 4.58. The largest absolute Gasteiger partial charge is 0.479 e. The highest BCUT2D eigenvalue weighted by Gasteiger charge is 2.54. The fourth-order valence-corrected chi connectivity index (χ4v) is 4.49. The van der Waals surface area contributed by atoms with Crippen molar-refractivity contribution in [1.82, 2.24) is 20.2 Å². The summed E-state index contributed by atoms with van der Waals surface area (Å²) in [5.74, 6) is 0.852. The molecule has 0 aliphatic carbocycles. The highest BCUT2D eigenvalue weighted by atomic mass is 35.5. The maximum atomic E-state index is 11.8. The molecule has 0 radical (unpaired) electrons. The molecule has 2 heterocycles. The lowest BCUT2D eigenvalue weighted by atomic mass is 9.83. The highest BCUT2D eigenvalue weighted by Crippen LogP contribution is 2.47. The van der Waals surface area contributed by atoms with E-state index in [0.29, 0.717) is 27.8 Å². The number of halogens is 1. The van der Waals surface area contributed by atoms with Gasteiger partial charge in [-0.15, -0.1) is 5.10 Å². The third-order valence-electron chi connectivity index (χ3n) is 6.15. The van der Waals surface area contributed by atoms with Gasteiger partial charge in [0.2, 0.25) is 0 Å². The summed E-state index contributed by atoms with van der Waals surface area (Å²) in [6.45, 7) is 1.83. The molecule has 13 heteroatoms. The number of anilines is 1. The predicted octanol–water partition coefficient (Wildman–Crippen LogP) is 2.65. The minimum atomic E-state index is -1.37. The number of ether oxygens (including phenoxy) is 3. The third-order valence-corrected chi connectivity index (χ3v) is 6.40. The van der Waals surface area contributed by atoms with Gasteiger partial charge in [0.15, 0.2) is 17.7 Å². The van der Waals surface area contributed by atoms with Gasteiger partial charge in [0.05, 0.1) is 17.5 Å². The van der Waals surface area contributed by atoms with Crippen LogP contribution in [0.2, 0.25) is 5.02 Å². The molecule has 1 aliphatic rings. The van der Waals surface area contributed by atoms with E-state index in [9.17, 15) is 15.2 Å². The number of nitro benzene ring substituents is 1. The van der Waals surface area contributed by atoms with Crippen molar-refractivity contribution in [2.45, 2.75) is 37.5 Å². The summed E-state index contributed by atoms with van der Waals surface area (Å²) in [6, 6.07) is 10.4. The van der Waals surface area contributed by atoms with Crippen molar-refractivity contribution >= 4 is 23.0 Å². The average Bonchev–Trinajstić information content (AvgIpc) is 3.24. The number of tetrazole rings is 1. The van der Waals surface area contributed by atoms with Gasteiger partial charge in [-0.05, 0) is 47.7 Å². The second kappa shape index (κ2) is 9.74. The van der Waals surface area contributed by atoms with Crippen molar-refractivity contribution in [1.29, 1.82) is 0 Å². The highest BCUT2D eigenvalue weighted by molar-refractivity contribution is 6.30. The summed E-state index contributed by atoms with van der Waals surface area (Å²) in [5, 5.41) is 35.6. The Morgan fingerprint density at radius 3 is 2.54 bits per heavy atom. The first-order valence-electron chi connectivity index (χ1n) is 10.6. The molecule has 0 saturated carbocycles. The van der Waals surface area contributed by atoms with E-state index in [4.69, 9.17) is 25.8 Å². The van der Waals surface area contributed by atoms with Crippen LogP contribution >= 0.6 is 11.6 Å². The maximum Gasteiger partial charge on any atom is 0.270 e. The lowest BCUT2D eigenvalue weighted by Gasteiger charge is -2.49. The first-order valence-corrected chi connectivity index (χ1v) is 11.0. The summed E-state index contributed by atoms with van der Waals surface area (Å²) >= 11 is 6.13.